The lowest BCUT2D eigenvalue weighted by atomic mass is 10.2. The highest BCUT2D eigenvalue weighted by Gasteiger charge is 2.22. The molecule has 3 aromatic heterocycles. The summed E-state index contributed by atoms with van der Waals surface area (Å²) in [5, 5.41) is 1.87. The number of amides is 1. The van der Waals surface area contributed by atoms with Gasteiger partial charge in [0.15, 0.2) is 4.96 Å². The van der Waals surface area contributed by atoms with Crippen LogP contribution in [-0.2, 0) is 17.8 Å². The molecule has 8 heteroatoms. The molecule has 0 fully saturated rings. The number of thiazole rings is 1. The van der Waals surface area contributed by atoms with Gasteiger partial charge < -0.3 is 4.90 Å². The Morgan fingerprint density at radius 3 is 2.61 bits per heavy atom. The quantitative estimate of drug-likeness (QED) is 0.336. The van der Waals surface area contributed by atoms with Crippen LogP contribution in [0.15, 0.2) is 84.5 Å². The minimum absolute atomic E-state index is 0.00846. The number of anilines is 1. The third-order valence-corrected chi connectivity index (χ3v) is 6.12. The highest BCUT2D eigenvalue weighted by Crippen LogP contribution is 2.26. The fraction of sp³-hybridized carbons (Fsp3) is 0.0800. The van der Waals surface area contributed by atoms with E-state index in [1.807, 2.05) is 46.3 Å². The second-order valence-corrected chi connectivity index (χ2v) is 8.28. The number of fused-ring (bicyclic) bond motifs is 1. The van der Waals surface area contributed by atoms with Crippen molar-refractivity contribution in [2.75, 3.05) is 4.90 Å². The summed E-state index contributed by atoms with van der Waals surface area (Å²) >= 11 is 1.43. The summed E-state index contributed by atoms with van der Waals surface area (Å²) in [6.45, 7) is 0.0642. The van der Waals surface area contributed by atoms with E-state index in [-0.39, 0.29) is 24.6 Å². The predicted octanol–water partition coefficient (Wildman–Crippen LogP) is 5.51. The van der Waals surface area contributed by atoms with Crippen molar-refractivity contribution >= 4 is 27.9 Å². The van der Waals surface area contributed by atoms with Crippen molar-refractivity contribution in [3.8, 4) is 11.3 Å². The van der Waals surface area contributed by atoms with Gasteiger partial charge >= 0.3 is 0 Å². The second kappa shape index (κ2) is 8.91. The molecule has 33 heavy (non-hydrogen) atoms. The Bertz CT molecular complexity index is 1420. The molecule has 5 rings (SSSR count). The van der Waals surface area contributed by atoms with Crippen molar-refractivity contribution in [1.29, 1.82) is 0 Å². The van der Waals surface area contributed by atoms with Gasteiger partial charge in [0.1, 0.15) is 11.6 Å². The maximum absolute atomic E-state index is 14.6. The Hall–Kier alpha value is -3.91. The molecule has 0 N–H and O–H groups in total. The summed E-state index contributed by atoms with van der Waals surface area (Å²) in [6, 6.07) is 18.3. The van der Waals surface area contributed by atoms with E-state index in [9.17, 15) is 13.6 Å². The number of hydrogen-bond donors (Lipinski definition) is 0. The topological polar surface area (TPSA) is 50.5 Å². The van der Waals surface area contributed by atoms with Gasteiger partial charge in [0, 0.05) is 35.1 Å². The molecular formula is C25H18F2N4OS. The molecule has 0 atom stereocenters. The first kappa shape index (κ1) is 21.0. The molecule has 0 aliphatic heterocycles. The minimum Gasteiger partial charge on any atom is -0.303 e. The zero-order chi connectivity index (χ0) is 22.8. The van der Waals surface area contributed by atoms with E-state index in [2.05, 4.69) is 9.97 Å². The first-order chi connectivity index (χ1) is 16.1. The van der Waals surface area contributed by atoms with Crippen molar-refractivity contribution in [3.63, 3.8) is 0 Å². The number of pyridine rings is 1. The molecule has 0 saturated carbocycles. The first-order valence-corrected chi connectivity index (χ1v) is 11.1. The largest absolute Gasteiger partial charge is 0.303 e. The summed E-state index contributed by atoms with van der Waals surface area (Å²) in [6.07, 6.45) is 3.53. The van der Waals surface area contributed by atoms with Crippen LogP contribution in [0.3, 0.4) is 0 Å². The van der Waals surface area contributed by atoms with Gasteiger partial charge in [0.2, 0.25) is 5.91 Å². The number of imidazole rings is 1. The third kappa shape index (κ3) is 4.38. The number of carbonyl (C=O) groups excluding carboxylic acids is 1. The van der Waals surface area contributed by atoms with E-state index in [4.69, 9.17) is 0 Å². The van der Waals surface area contributed by atoms with Crippen LogP contribution in [0.4, 0.5) is 14.5 Å². The van der Waals surface area contributed by atoms with E-state index in [0.717, 1.165) is 34.0 Å². The summed E-state index contributed by atoms with van der Waals surface area (Å²) in [4.78, 5) is 24.4. The van der Waals surface area contributed by atoms with Crippen LogP contribution in [0.25, 0.3) is 16.2 Å². The second-order valence-electron chi connectivity index (χ2n) is 7.45. The highest BCUT2D eigenvalue weighted by atomic mass is 32.1. The van der Waals surface area contributed by atoms with Gasteiger partial charge in [-0.3, -0.25) is 14.2 Å². The number of benzene rings is 2. The number of hydrogen-bond acceptors (Lipinski definition) is 4. The van der Waals surface area contributed by atoms with E-state index in [0.29, 0.717) is 5.69 Å². The molecule has 164 valence electrons. The van der Waals surface area contributed by atoms with Crippen LogP contribution < -0.4 is 4.90 Å². The zero-order valence-corrected chi connectivity index (χ0v) is 18.2. The van der Waals surface area contributed by atoms with Gasteiger partial charge in [-0.2, -0.15) is 0 Å². The van der Waals surface area contributed by atoms with E-state index in [1.54, 1.807) is 24.4 Å². The number of rotatable bonds is 6. The fourth-order valence-electron chi connectivity index (χ4n) is 3.62. The summed E-state index contributed by atoms with van der Waals surface area (Å²) in [5.74, 6) is -1.84. The lowest BCUT2D eigenvalue weighted by Crippen LogP contribution is -2.33. The third-order valence-electron chi connectivity index (χ3n) is 5.23. The van der Waals surface area contributed by atoms with Crippen molar-refractivity contribution < 1.29 is 13.6 Å². The maximum Gasteiger partial charge on any atom is 0.233 e. The predicted molar refractivity (Wildman–Crippen MR) is 124 cm³/mol. The molecule has 0 bridgehead atoms. The van der Waals surface area contributed by atoms with Crippen molar-refractivity contribution in [2.45, 2.75) is 13.0 Å². The molecule has 0 unspecified atom stereocenters. The van der Waals surface area contributed by atoms with Gasteiger partial charge in [-0.1, -0.05) is 36.4 Å². The number of aromatic nitrogens is 3. The summed E-state index contributed by atoms with van der Waals surface area (Å²) in [7, 11) is 0. The van der Waals surface area contributed by atoms with Crippen LogP contribution in [-0.4, -0.2) is 20.3 Å². The summed E-state index contributed by atoms with van der Waals surface area (Å²) in [5.41, 5.74) is 3.14. The Kier molecular flexibility index (Phi) is 5.66. The Morgan fingerprint density at radius 2 is 1.85 bits per heavy atom. The highest BCUT2D eigenvalue weighted by molar-refractivity contribution is 7.15. The molecule has 5 nitrogen and oxygen atoms in total. The van der Waals surface area contributed by atoms with Gasteiger partial charge in [-0.25, -0.2) is 13.8 Å². The number of carbonyl (C=O) groups is 1. The number of nitrogens with zero attached hydrogens (tertiary/aromatic N) is 4. The molecule has 0 spiro atoms. The van der Waals surface area contributed by atoms with Crippen LogP contribution in [0.1, 0.15) is 11.4 Å². The van der Waals surface area contributed by atoms with Crippen LogP contribution in [0.5, 0.6) is 0 Å². The molecule has 3 heterocycles. The van der Waals surface area contributed by atoms with Crippen molar-refractivity contribution in [1.82, 2.24) is 14.4 Å². The average Bonchev–Trinajstić information content (AvgIpc) is 3.41. The van der Waals surface area contributed by atoms with Gasteiger partial charge in [0.25, 0.3) is 0 Å². The smallest absolute Gasteiger partial charge is 0.233 e. The molecular weight excluding hydrogens is 442 g/mol. The first-order valence-electron chi connectivity index (χ1n) is 10.2. The van der Waals surface area contributed by atoms with Crippen molar-refractivity contribution in [2.24, 2.45) is 0 Å². The molecule has 5 aromatic rings. The van der Waals surface area contributed by atoms with Crippen LogP contribution >= 0.6 is 11.3 Å². The van der Waals surface area contributed by atoms with E-state index >= 15 is 0 Å². The Morgan fingerprint density at radius 1 is 1.03 bits per heavy atom. The Labute approximate surface area is 192 Å². The molecule has 0 aliphatic carbocycles. The van der Waals surface area contributed by atoms with Gasteiger partial charge in [-0.05, 0) is 24.3 Å². The van der Waals surface area contributed by atoms with Crippen LogP contribution in [0, 0.1) is 11.6 Å². The lowest BCUT2D eigenvalue weighted by molar-refractivity contribution is -0.118. The molecule has 2 aromatic carbocycles. The molecule has 0 saturated heterocycles. The van der Waals surface area contributed by atoms with Gasteiger partial charge in [-0.15, -0.1) is 11.3 Å². The van der Waals surface area contributed by atoms with Crippen molar-refractivity contribution in [3.05, 3.63) is 108 Å². The number of halogens is 2. The van der Waals surface area contributed by atoms with E-state index in [1.165, 1.54) is 22.3 Å². The maximum atomic E-state index is 14.6. The SMILES string of the molecule is O=C(Cc1csc2nc(-c3ccccc3)cn12)N(Cc1ccccn1)c1ccc(F)cc1F. The molecule has 0 radical (unpaired) electrons. The molecule has 0 aliphatic rings. The molecule has 1 amide bonds. The van der Waals surface area contributed by atoms with Gasteiger partial charge in [0.05, 0.1) is 30.0 Å². The zero-order valence-electron chi connectivity index (χ0n) is 17.4. The van der Waals surface area contributed by atoms with Crippen LogP contribution in [0.2, 0.25) is 0 Å². The minimum atomic E-state index is -0.802. The Balaban J connectivity index is 1.47. The summed E-state index contributed by atoms with van der Waals surface area (Å²) < 4.78 is 30.0. The monoisotopic (exact) mass is 460 g/mol. The average molecular weight is 461 g/mol. The van der Waals surface area contributed by atoms with E-state index < -0.39 is 11.6 Å². The standard InChI is InChI=1S/C25H18F2N4OS/c26-18-9-10-23(21(27)12-18)31(14-19-8-4-5-11-28-19)24(32)13-20-16-33-25-29-22(15-30(20)25)17-6-2-1-3-7-17/h1-12,15-16H,13-14H2. The lowest BCUT2D eigenvalue weighted by Gasteiger charge is -2.23. The fourth-order valence-corrected chi connectivity index (χ4v) is 4.49. The normalized spacial score (nSPS) is 11.1.